The Balaban J connectivity index is 4.60. The van der Waals surface area contributed by atoms with Crippen LogP contribution in [0.5, 0.6) is 0 Å². The molecule has 0 heterocycles. The number of carbonyl (C=O) groups is 1. The first-order valence-corrected chi connectivity index (χ1v) is 7.03. The molecule has 5 nitrogen and oxygen atoms in total. The minimum absolute atomic E-state index is 0.208. The first-order valence-electron chi connectivity index (χ1n) is 5.64. The molecule has 1 radical (unpaired) electrons. The van der Waals surface area contributed by atoms with Crippen molar-refractivity contribution in [3.63, 3.8) is 0 Å². The maximum absolute atomic E-state index is 10.8. The largest absolute Gasteiger partial charge is 0.530 e. The lowest BCUT2D eigenvalue weighted by molar-refractivity contribution is -0.265. The van der Waals surface area contributed by atoms with E-state index in [1.54, 1.807) is 0 Å². The Morgan fingerprint density at radius 1 is 1.31 bits per heavy atom. The summed E-state index contributed by atoms with van der Waals surface area (Å²) in [7, 11) is -0.0738. The Bertz CT molecular complexity index is 197. The average molecular weight is 247 g/mol. The Kier molecular flexibility index (Phi) is 8.23. The van der Waals surface area contributed by atoms with E-state index in [0.29, 0.717) is 13.2 Å². The van der Waals surface area contributed by atoms with Crippen LogP contribution in [0.3, 0.4) is 0 Å². The van der Waals surface area contributed by atoms with Gasteiger partial charge in [-0.1, -0.05) is 13.3 Å². The van der Waals surface area contributed by atoms with Crippen LogP contribution in [0.15, 0.2) is 0 Å². The lowest BCUT2D eigenvalue weighted by atomic mass is 10.3. The van der Waals surface area contributed by atoms with Gasteiger partial charge in [0.15, 0.2) is 0 Å². The molecule has 0 saturated heterocycles. The van der Waals surface area contributed by atoms with Crippen LogP contribution in [-0.2, 0) is 8.85 Å². The second-order valence-electron chi connectivity index (χ2n) is 3.37. The van der Waals surface area contributed by atoms with Crippen LogP contribution in [0.2, 0.25) is 0 Å². The van der Waals surface area contributed by atoms with Crippen molar-refractivity contribution in [1.29, 1.82) is 0 Å². The van der Waals surface area contributed by atoms with Gasteiger partial charge in [-0.3, -0.25) is 0 Å². The first-order chi connectivity index (χ1) is 7.58. The number of carboxylic acid groups (broad SMARTS) is 1. The number of hydrogen-bond donors (Lipinski definition) is 0. The second-order valence-corrected chi connectivity index (χ2v) is 5.25. The van der Waals surface area contributed by atoms with Crippen LogP contribution in [0.1, 0.15) is 33.6 Å². The summed E-state index contributed by atoms with van der Waals surface area (Å²) in [6.45, 7) is 6.84. The zero-order valence-electron chi connectivity index (χ0n) is 10.5. The Morgan fingerprint density at radius 2 is 1.81 bits per heavy atom. The number of amides is 1. The second kappa shape index (κ2) is 8.55. The molecular formula is C10H21NO4Si-. The van der Waals surface area contributed by atoms with Gasteiger partial charge in [0.05, 0.1) is 5.67 Å². The van der Waals surface area contributed by atoms with Crippen LogP contribution in [0.4, 0.5) is 4.79 Å². The quantitative estimate of drug-likeness (QED) is 0.587. The summed E-state index contributed by atoms with van der Waals surface area (Å²) in [5.41, 5.74) is -0.208. The molecule has 0 spiro atoms. The standard InChI is InChI=1S/C10H22NO4Si/c1-5-8-9(11(4)10(12)13)16(14-6-2)15-7-3/h9H,5-8H2,1-4H3,(H,12,13)/p-1. The third kappa shape index (κ3) is 4.96. The molecule has 0 N–H and O–H groups in total. The minimum atomic E-state index is -1.59. The van der Waals surface area contributed by atoms with Gasteiger partial charge in [0.25, 0.3) is 0 Å². The lowest BCUT2D eigenvalue weighted by Gasteiger charge is -2.33. The van der Waals surface area contributed by atoms with Gasteiger partial charge in [-0.2, -0.15) is 0 Å². The number of nitrogens with zero attached hydrogens (tertiary/aromatic N) is 1. The fraction of sp³-hybridized carbons (Fsp3) is 0.900. The molecule has 0 aliphatic heterocycles. The van der Waals surface area contributed by atoms with E-state index < -0.39 is 15.4 Å². The van der Waals surface area contributed by atoms with E-state index in [0.717, 1.165) is 12.8 Å². The molecule has 16 heavy (non-hydrogen) atoms. The zero-order valence-corrected chi connectivity index (χ0v) is 11.5. The van der Waals surface area contributed by atoms with Crippen molar-refractivity contribution in [3.8, 4) is 0 Å². The minimum Gasteiger partial charge on any atom is -0.530 e. The summed E-state index contributed by atoms with van der Waals surface area (Å²) >= 11 is 0. The van der Waals surface area contributed by atoms with Gasteiger partial charge in [0.1, 0.15) is 6.09 Å². The van der Waals surface area contributed by atoms with Crippen LogP contribution < -0.4 is 5.11 Å². The van der Waals surface area contributed by atoms with Crippen molar-refractivity contribution >= 4 is 15.4 Å². The smallest absolute Gasteiger partial charge is 0.409 e. The zero-order chi connectivity index (χ0) is 12.6. The van der Waals surface area contributed by atoms with Crippen molar-refractivity contribution in [2.45, 2.75) is 39.3 Å². The van der Waals surface area contributed by atoms with E-state index in [1.165, 1.54) is 11.9 Å². The third-order valence-corrected chi connectivity index (χ3v) is 4.53. The molecule has 0 aromatic heterocycles. The number of carbonyl (C=O) groups excluding carboxylic acids is 1. The molecule has 1 unspecified atom stereocenters. The molecule has 1 amide bonds. The topological polar surface area (TPSA) is 61.8 Å². The van der Waals surface area contributed by atoms with Gasteiger partial charge < -0.3 is 23.7 Å². The Morgan fingerprint density at radius 3 is 2.12 bits per heavy atom. The van der Waals surface area contributed by atoms with Gasteiger partial charge >= 0.3 is 9.28 Å². The summed E-state index contributed by atoms with van der Waals surface area (Å²) in [5, 5.41) is 10.8. The molecule has 0 aromatic rings. The van der Waals surface area contributed by atoms with E-state index in [1.807, 2.05) is 20.8 Å². The summed E-state index contributed by atoms with van der Waals surface area (Å²) in [6.07, 6.45) is 0.440. The van der Waals surface area contributed by atoms with Gasteiger partial charge in [0, 0.05) is 20.3 Å². The van der Waals surface area contributed by atoms with E-state index >= 15 is 0 Å². The van der Waals surface area contributed by atoms with Crippen molar-refractivity contribution in [3.05, 3.63) is 0 Å². The van der Waals surface area contributed by atoms with E-state index in [2.05, 4.69) is 0 Å². The highest BCUT2D eigenvalue weighted by Crippen LogP contribution is 2.11. The Hall–Kier alpha value is -0.593. The molecule has 0 aromatic carbocycles. The van der Waals surface area contributed by atoms with Crippen molar-refractivity contribution in [1.82, 2.24) is 4.90 Å². The maximum Gasteiger partial charge on any atom is 0.409 e. The fourth-order valence-electron chi connectivity index (χ4n) is 1.39. The molecule has 0 saturated carbocycles. The molecule has 0 bridgehead atoms. The van der Waals surface area contributed by atoms with Gasteiger partial charge in [-0.25, -0.2) is 0 Å². The normalized spacial score (nSPS) is 12.8. The third-order valence-electron chi connectivity index (χ3n) is 2.16. The summed E-state index contributed by atoms with van der Waals surface area (Å²) in [4.78, 5) is 12.0. The molecular weight excluding hydrogens is 226 g/mol. The van der Waals surface area contributed by atoms with Crippen molar-refractivity contribution in [2.75, 3.05) is 20.3 Å². The summed E-state index contributed by atoms with van der Waals surface area (Å²) < 4.78 is 11.0. The van der Waals surface area contributed by atoms with Gasteiger partial charge in [0.2, 0.25) is 0 Å². The highest BCUT2D eigenvalue weighted by atomic mass is 28.3. The van der Waals surface area contributed by atoms with E-state index in [4.69, 9.17) is 8.85 Å². The fourth-order valence-corrected chi connectivity index (χ4v) is 3.37. The Labute approximate surface area is 99.2 Å². The number of hydrogen-bond acceptors (Lipinski definition) is 4. The van der Waals surface area contributed by atoms with E-state index in [-0.39, 0.29) is 5.67 Å². The van der Waals surface area contributed by atoms with E-state index in [9.17, 15) is 9.90 Å². The predicted molar refractivity (Wildman–Crippen MR) is 60.9 cm³/mol. The molecule has 0 rings (SSSR count). The predicted octanol–water partition coefficient (Wildman–Crippen LogP) is 0.531. The van der Waals surface area contributed by atoms with Crippen LogP contribution >= 0.6 is 0 Å². The van der Waals surface area contributed by atoms with Gasteiger partial charge in [-0.05, 0) is 20.3 Å². The van der Waals surface area contributed by atoms with Crippen LogP contribution in [0.25, 0.3) is 0 Å². The number of rotatable bonds is 8. The van der Waals surface area contributed by atoms with Crippen LogP contribution in [0, 0.1) is 0 Å². The molecule has 0 aliphatic carbocycles. The average Bonchev–Trinajstić information content (AvgIpc) is 2.24. The summed E-state index contributed by atoms with van der Waals surface area (Å²) in [6, 6.07) is 0. The lowest BCUT2D eigenvalue weighted by Crippen LogP contribution is -2.53. The SMILES string of the molecule is CCCC(N(C)C(=O)[O-])[Si](OCC)OCC. The molecule has 1 atom stereocenters. The van der Waals surface area contributed by atoms with Crippen molar-refractivity contribution in [2.24, 2.45) is 0 Å². The highest BCUT2D eigenvalue weighted by molar-refractivity contribution is 6.46. The van der Waals surface area contributed by atoms with Crippen molar-refractivity contribution < 1.29 is 18.8 Å². The van der Waals surface area contributed by atoms with Crippen LogP contribution in [-0.4, -0.2) is 46.2 Å². The molecule has 0 aliphatic rings. The highest BCUT2D eigenvalue weighted by Gasteiger charge is 2.30. The summed E-state index contributed by atoms with van der Waals surface area (Å²) in [5.74, 6) is 0. The monoisotopic (exact) mass is 247 g/mol. The maximum atomic E-state index is 10.8. The molecule has 0 fully saturated rings. The molecule has 95 valence electrons. The molecule has 6 heteroatoms. The van der Waals surface area contributed by atoms with Gasteiger partial charge in [-0.15, -0.1) is 0 Å². The first kappa shape index (κ1) is 15.4.